The fourth-order valence-electron chi connectivity index (χ4n) is 4.18. The minimum absolute atomic E-state index is 0.678. The van der Waals surface area contributed by atoms with E-state index in [0.717, 1.165) is 53.8 Å². The molecule has 2 fully saturated rings. The second-order valence-corrected chi connectivity index (χ2v) is 9.15. The first-order valence-electron chi connectivity index (χ1n) is 11.4. The van der Waals surface area contributed by atoms with Crippen molar-refractivity contribution in [3.05, 3.63) is 59.9 Å². The molecule has 1 aliphatic carbocycles. The van der Waals surface area contributed by atoms with E-state index in [4.69, 9.17) is 26.3 Å². The summed E-state index contributed by atoms with van der Waals surface area (Å²) in [5.41, 5.74) is 4.97. The number of morpholine rings is 1. The van der Waals surface area contributed by atoms with Crippen molar-refractivity contribution >= 4 is 40.1 Å². The summed E-state index contributed by atoms with van der Waals surface area (Å²) in [6, 6.07) is 16.0. The van der Waals surface area contributed by atoms with E-state index in [1.54, 1.807) is 0 Å². The van der Waals surface area contributed by atoms with Crippen molar-refractivity contribution in [3.63, 3.8) is 0 Å². The van der Waals surface area contributed by atoms with Crippen molar-refractivity contribution < 1.29 is 4.74 Å². The molecule has 4 aromatic rings. The number of nitrogens with zero attached hydrogens (tertiary/aromatic N) is 5. The predicted octanol–water partition coefficient (Wildman–Crippen LogP) is 5.14. The largest absolute Gasteiger partial charge is 0.378 e. The van der Waals surface area contributed by atoms with E-state index in [1.165, 1.54) is 18.4 Å². The van der Waals surface area contributed by atoms with Crippen molar-refractivity contribution in [1.82, 2.24) is 19.5 Å². The van der Waals surface area contributed by atoms with Gasteiger partial charge in [-0.15, -0.1) is 0 Å². The molecule has 0 spiro atoms. The van der Waals surface area contributed by atoms with Gasteiger partial charge in [0.15, 0.2) is 0 Å². The van der Waals surface area contributed by atoms with Crippen LogP contribution in [0.25, 0.3) is 22.3 Å². The zero-order chi connectivity index (χ0) is 22.2. The maximum absolute atomic E-state index is 6.05. The van der Waals surface area contributed by atoms with Gasteiger partial charge in [-0.05, 0) is 55.2 Å². The van der Waals surface area contributed by atoms with Gasteiger partial charge in [0.25, 0.3) is 0 Å². The fourth-order valence-corrected chi connectivity index (χ4v) is 4.31. The lowest BCUT2D eigenvalue weighted by molar-refractivity contribution is 0.122. The Morgan fingerprint density at radius 1 is 1.00 bits per heavy atom. The third-order valence-electron chi connectivity index (χ3n) is 6.19. The number of fused-ring (bicyclic) bond motifs is 1. The Kier molecular flexibility index (Phi) is 5.36. The molecule has 2 aromatic carbocycles. The molecule has 33 heavy (non-hydrogen) atoms. The summed E-state index contributed by atoms with van der Waals surface area (Å²) in [5, 5.41) is 4.10. The Balaban J connectivity index is 1.37. The van der Waals surface area contributed by atoms with E-state index in [2.05, 4.69) is 38.0 Å². The summed E-state index contributed by atoms with van der Waals surface area (Å²) < 4.78 is 7.79. The molecule has 3 heterocycles. The highest BCUT2D eigenvalue weighted by Crippen LogP contribution is 2.33. The minimum Gasteiger partial charge on any atom is -0.378 e. The third kappa shape index (κ3) is 4.51. The van der Waals surface area contributed by atoms with E-state index >= 15 is 0 Å². The van der Waals surface area contributed by atoms with Gasteiger partial charge in [-0.2, -0.15) is 4.98 Å². The van der Waals surface area contributed by atoms with Crippen molar-refractivity contribution in [1.29, 1.82) is 0 Å². The van der Waals surface area contributed by atoms with E-state index in [1.807, 2.05) is 36.7 Å². The molecule has 2 aliphatic rings. The van der Waals surface area contributed by atoms with Crippen molar-refractivity contribution in [2.45, 2.75) is 19.4 Å². The van der Waals surface area contributed by atoms with Crippen LogP contribution in [0.4, 0.5) is 17.5 Å². The summed E-state index contributed by atoms with van der Waals surface area (Å²) in [6.07, 6.45) is 4.61. The molecule has 1 N–H and O–H groups in total. The Bertz CT molecular complexity index is 1280. The summed E-state index contributed by atoms with van der Waals surface area (Å²) in [7, 11) is 0. The second kappa shape index (κ2) is 8.65. The standard InChI is InChI=1S/C25H25ClN6O/c26-19-4-6-20(7-5-19)28-24-14-21(29-25(30-24)31-9-11-33-12-10-31)18-3-8-23-22(13-18)27-16-32(23)15-17-1-2-17/h3-8,13-14,16-17H,1-2,9-12,15H2,(H,28,29,30). The molecule has 168 valence electrons. The molecule has 2 aromatic heterocycles. The average molecular weight is 461 g/mol. The number of hydrogen-bond acceptors (Lipinski definition) is 6. The zero-order valence-electron chi connectivity index (χ0n) is 18.2. The average Bonchev–Trinajstić information content (AvgIpc) is 3.59. The van der Waals surface area contributed by atoms with Crippen LogP contribution in [0.5, 0.6) is 0 Å². The molecule has 0 atom stereocenters. The molecule has 1 saturated heterocycles. The number of ether oxygens (including phenoxy) is 1. The molecule has 1 aliphatic heterocycles. The number of imidazole rings is 1. The van der Waals surface area contributed by atoms with Gasteiger partial charge in [0.1, 0.15) is 5.82 Å². The molecular formula is C25H25ClN6O. The Hall–Kier alpha value is -3.16. The smallest absolute Gasteiger partial charge is 0.228 e. The topological polar surface area (TPSA) is 68.1 Å². The van der Waals surface area contributed by atoms with E-state index < -0.39 is 0 Å². The summed E-state index contributed by atoms with van der Waals surface area (Å²) in [4.78, 5) is 16.6. The number of hydrogen-bond donors (Lipinski definition) is 1. The molecular weight excluding hydrogens is 436 g/mol. The van der Waals surface area contributed by atoms with E-state index in [9.17, 15) is 0 Å². The third-order valence-corrected chi connectivity index (χ3v) is 6.45. The Morgan fingerprint density at radius 2 is 1.82 bits per heavy atom. The number of anilines is 3. The van der Waals surface area contributed by atoms with Crippen LogP contribution in [-0.2, 0) is 11.3 Å². The fraction of sp³-hybridized carbons (Fsp3) is 0.320. The van der Waals surface area contributed by atoms with Gasteiger partial charge in [-0.1, -0.05) is 17.7 Å². The van der Waals surface area contributed by atoms with E-state index in [-0.39, 0.29) is 0 Å². The number of nitrogens with one attached hydrogen (secondary N) is 1. The van der Waals surface area contributed by atoms with Gasteiger partial charge >= 0.3 is 0 Å². The molecule has 8 heteroatoms. The van der Waals surface area contributed by atoms with Crippen LogP contribution in [0.3, 0.4) is 0 Å². The molecule has 0 radical (unpaired) electrons. The van der Waals surface area contributed by atoms with Crippen LogP contribution in [0.1, 0.15) is 12.8 Å². The summed E-state index contributed by atoms with van der Waals surface area (Å²) in [5.74, 6) is 2.25. The van der Waals surface area contributed by atoms with Gasteiger partial charge in [0, 0.05) is 42.0 Å². The SMILES string of the molecule is Clc1ccc(Nc2cc(-c3ccc4c(c3)ncn4CC3CC3)nc(N3CCOCC3)n2)cc1. The van der Waals surface area contributed by atoms with Gasteiger partial charge in [-0.25, -0.2) is 9.97 Å². The van der Waals surface area contributed by atoms with Crippen molar-refractivity contribution in [2.75, 3.05) is 36.5 Å². The van der Waals surface area contributed by atoms with Crippen LogP contribution in [0.15, 0.2) is 54.9 Å². The van der Waals surface area contributed by atoms with Gasteiger partial charge in [0.2, 0.25) is 5.95 Å². The number of benzene rings is 2. The van der Waals surface area contributed by atoms with Crippen molar-refractivity contribution in [3.8, 4) is 11.3 Å². The van der Waals surface area contributed by atoms with Gasteiger partial charge in [0.05, 0.1) is 36.3 Å². The monoisotopic (exact) mass is 460 g/mol. The summed E-state index contributed by atoms with van der Waals surface area (Å²) in [6.45, 7) is 3.96. The molecule has 7 nitrogen and oxygen atoms in total. The second-order valence-electron chi connectivity index (χ2n) is 8.71. The Morgan fingerprint density at radius 3 is 2.61 bits per heavy atom. The van der Waals surface area contributed by atoms with Crippen LogP contribution >= 0.6 is 11.6 Å². The summed E-state index contributed by atoms with van der Waals surface area (Å²) >= 11 is 6.05. The predicted molar refractivity (Wildman–Crippen MR) is 131 cm³/mol. The highest BCUT2D eigenvalue weighted by atomic mass is 35.5. The maximum atomic E-state index is 6.05. The lowest BCUT2D eigenvalue weighted by Crippen LogP contribution is -2.37. The quantitative estimate of drug-likeness (QED) is 0.430. The number of aromatic nitrogens is 4. The maximum Gasteiger partial charge on any atom is 0.228 e. The van der Waals surface area contributed by atoms with Crippen molar-refractivity contribution in [2.24, 2.45) is 5.92 Å². The minimum atomic E-state index is 0.678. The molecule has 6 rings (SSSR count). The number of rotatable bonds is 6. The molecule has 0 unspecified atom stereocenters. The zero-order valence-corrected chi connectivity index (χ0v) is 19.0. The van der Waals surface area contributed by atoms with E-state index in [0.29, 0.717) is 24.2 Å². The van der Waals surface area contributed by atoms with Crippen LogP contribution < -0.4 is 10.2 Å². The van der Waals surface area contributed by atoms with Crippen LogP contribution in [-0.4, -0.2) is 45.8 Å². The molecule has 1 saturated carbocycles. The highest BCUT2D eigenvalue weighted by Gasteiger charge is 2.22. The number of halogens is 1. The lowest BCUT2D eigenvalue weighted by atomic mass is 10.1. The highest BCUT2D eigenvalue weighted by molar-refractivity contribution is 6.30. The normalized spacial score (nSPS) is 16.3. The van der Waals surface area contributed by atoms with Crippen LogP contribution in [0.2, 0.25) is 5.02 Å². The first-order chi connectivity index (χ1) is 16.2. The van der Waals surface area contributed by atoms with Gasteiger partial charge in [-0.3, -0.25) is 0 Å². The van der Waals surface area contributed by atoms with Gasteiger partial charge < -0.3 is 19.5 Å². The van der Waals surface area contributed by atoms with Crippen LogP contribution in [0, 0.1) is 5.92 Å². The lowest BCUT2D eigenvalue weighted by Gasteiger charge is -2.27. The Labute approximate surface area is 197 Å². The molecule has 0 bridgehead atoms. The molecule has 0 amide bonds. The first kappa shape index (κ1) is 20.4. The first-order valence-corrected chi connectivity index (χ1v) is 11.8.